The lowest BCUT2D eigenvalue weighted by Gasteiger charge is -2.24. The second-order valence-corrected chi connectivity index (χ2v) is 4.13. The first kappa shape index (κ1) is 14.4. The van der Waals surface area contributed by atoms with Crippen molar-refractivity contribution >= 4 is 11.6 Å². The Morgan fingerprint density at radius 3 is 2.33 bits per heavy atom. The van der Waals surface area contributed by atoms with Gasteiger partial charge in [-0.3, -0.25) is 10.6 Å². The number of nitrogens with two attached hydrogens (primary N) is 1. The van der Waals surface area contributed by atoms with Gasteiger partial charge in [-0.05, 0) is 25.5 Å². The Balaban J connectivity index is 3.08. The SMILES string of the molecule is CCC(C)N(C)C(=O)c1cc(F)c(NN)c(F)c1. The summed E-state index contributed by atoms with van der Waals surface area (Å²) in [4.78, 5) is 13.4. The second-order valence-electron chi connectivity index (χ2n) is 4.13. The normalized spacial score (nSPS) is 12.1. The van der Waals surface area contributed by atoms with Gasteiger partial charge in [-0.25, -0.2) is 8.78 Å². The number of amides is 1. The Bertz CT molecular complexity index is 428. The van der Waals surface area contributed by atoms with Crippen LogP contribution in [0.5, 0.6) is 0 Å². The monoisotopic (exact) mass is 257 g/mol. The standard InChI is InChI=1S/C12H17F2N3O/c1-4-7(2)17(3)12(18)8-5-9(13)11(16-15)10(14)6-8/h5-7,16H,4,15H2,1-3H3. The average Bonchev–Trinajstić information content (AvgIpc) is 2.35. The maximum Gasteiger partial charge on any atom is 0.254 e. The molecule has 0 bridgehead atoms. The molecule has 0 aliphatic heterocycles. The molecule has 0 aliphatic rings. The molecule has 0 fully saturated rings. The number of benzene rings is 1. The van der Waals surface area contributed by atoms with Gasteiger partial charge in [0.1, 0.15) is 5.69 Å². The van der Waals surface area contributed by atoms with Crippen molar-refractivity contribution in [3.63, 3.8) is 0 Å². The first-order chi connectivity index (χ1) is 8.42. The molecule has 0 aromatic heterocycles. The minimum absolute atomic E-state index is 0.00377. The highest BCUT2D eigenvalue weighted by Crippen LogP contribution is 2.21. The Morgan fingerprint density at radius 2 is 1.94 bits per heavy atom. The molecule has 1 aromatic rings. The van der Waals surface area contributed by atoms with Crippen LogP contribution in [-0.2, 0) is 0 Å². The van der Waals surface area contributed by atoms with Crippen LogP contribution in [0.25, 0.3) is 0 Å². The fourth-order valence-corrected chi connectivity index (χ4v) is 1.51. The number of nitrogens with zero attached hydrogens (tertiary/aromatic N) is 1. The minimum Gasteiger partial charge on any atom is -0.339 e. The summed E-state index contributed by atoms with van der Waals surface area (Å²) in [5, 5.41) is 0. The average molecular weight is 257 g/mol. The summed E-state index contributed by atoms with van der Waals surface area (Å²) in [6.45, 7) is 3.79. The summed E-state index contributed by atoms with van der Waals surface area (Å²) in [5.74, 6) is 2.78. The summed E-state index contributed by atoms with van der Waals surface area (Å²) >= 11 is 0. The topological polar surface area (TPSA) is 58.4 Å². The number of carbonyl (C=O) groups is 1. The van der Waals surface area contributed by atoms with E-state index in [4.69, 9.17) is 5.84 Å². The Hall–Kier alpha value is -1.69. The lowest BCUT2D eigenvalue weighted by Crippen LogP contribution is -2.34. The molecule has 1 atom stereocenters. The zero-order chi connectivity index (χ0) is 13.9. The molecule has 1 amide bonds. The van der Waals surface area contributed by atoms with Gasteiger partial charge in [-0.15, -0.1) is 0 Å². The van der Waals surface area contributed by atoms with Crippen molar-refractivity contribution < 1.29 is 13.6 Å². The molecule has 1 aromatic carbocycles. The molecular weight excluding hydrogens is 240 g/mol. The molecule has 1 unspecified atom stereocenters. The van der Waals surface area contributed by atoms with Crippen LogP contribution in [0.1, 0.15) is 30.6 Å². The van der Waals surface area contributed by atoms with Gasteiger partial charge >= 0.3 is 0 Å². The van der Waals surface area contributed by atoms with Crippen molar-refractivity contribution in [3.05, 3.63) is 29.3 Å². The molecule has 0 radical (unpaired) electrons. The highest BCUT2D eigenvalue weighted by Gasteiger charge is 2.19. The summed E-state index contributed by atoms with van der Waals surface area (Å²) in [5.41, 5.74) is 1.44. The number of hydrazine groups is 1. The predicted molar refractivity (Wildman–Crippen MR) is 66.0 cm³/mol. The minimum atomic E-state index is -0.890. The van der Waals surface area contributed by atoms with Crippen LogP contribution in [0.4, 0.5) is 14.5 Å². The number of anilines is 1. The number of hydrogen-bond acceptors (Lipinski definition) is 3. The predicted octanol–water partition coefficient (Wildman–Crippen LogP) is 2.12. The number of rotatable bonds is 4. The van der Waals surface area contributed by atoms with Gasteiger partial charge in [-0.2, -0.15) is 0 Å². The summed E-state index contributed by atoms with van der Waals surface area (Å²) < 4.78 is 26.9. The fraction of sp³-hybridized carbons (Fsp3) is 0.417. The zero-order valence-electron chi connectivity index (χ0n) is 10.6. The lowest BCUT2D eigenvalue weighted by atomic mass is 10.1. The first-order valence-corrected chi connectivity index (χ1v) is 5.65. The van der Waals surface area contributed by atoms with Crippen molar-refractivity contribution in [2.24, 2.45) is 5.84 Å². The molecular formula is C12H17F2N3O. The van der Waals surface area contributed by atoms with E-state index < -0.39 is 23.2 Å². The zero-order valence-corrected chi connectivity index (χ0v) is 10.6. The van der Waals surface area contributed by atoms with Gasteiger partial charge in [-0.1, -0.05) is 6.92 Å². The number of halogens is 2. The van der Waals surface area contributed by atoms with Gasteiger partial charge in [0.2, 0.25) is 0 Å². The first-order valence-electron chi connectivity index (χ1n) is 5.65. The van der Waals surface area contributed by atoms with E-state index in [0.29, 0.717) is 0 Å². The Kier molecular flexibility index (Phi) is 4.61. The van der Waals surface area contributed by atoms with Crippen LogP contribution >= 0.6 is 0 Å². The molecule has 1 rings (SSSR count). The molecule has 3 N–H and O–H groups in total. The van der Waals surface area contributed by atoms with Crippen LogP contribution in [0.3, 0.4) is 0 Å². The van der Waals surface area contributed by atoms with Gasteiger partial charge in [0.15, 0.2) is 11.6 Å². The molecule has 18 heavy (non-hydrogen) atoms. The number of carbonyl (C=O) groups excluding carboxylic acids is 1. The van der Waals surface area contributed by atoms with Crippen LogP contribution in [0, 0.1) is 11.6 Å². The van der Waals surface area contributed by atoms with E-state index in [1.807, 2.05) is 19.3 Å². The third-order valence-corrected chi connectivity index (χ3v) is 3.01. The van der Waals surface area contributed by atoms with Crippen LogP contribution in [0.2, 0.25) is 0 Å². The van der Waals surface area contributed by atoms with E-state index in [9.17, 15) is 13.6 Å². The van der Waals surface area contributed by atoms with E-state index in [0.717, 1.165) is 18.6 Å². The molecule has 100 valence electrons. The van der Waals surface area contributed by atoms with E-state index >= 15 is 0 Å². The number of nitrogens with one attached hydrogen (secondary N) is 1. The highest BCUT2D eigenvalue weighted by molar-refractivity contribution is 5.94. The summed E-state index contributed by atoms with van der Waals surface area (Å²) in [6, 6.07) is 1.94. The van der Waals surface area contributed by atoms with Gasteiger partial charge in [0.25, 0.3) is 5.91 Å². The lowest BCUT2D eigenvalue weighted by molar-refractivity contribution is 0.0739. The van der Waals surface area contributed by atoms with Crippen molar-refractivity contribution in [2.75, 3.05) is 12.5 Å². The maximum absolute atomic E-state index is 13.5. The quantitative estimate of drug-likeness (QED) is 0.641. The molecule has 0 saturated heterocycles. The van der Waals surface area contributed by atoms with E-state index in [-0.39, 0.29) is 11.6 Å². The third kappa shape index (κ3) is 2.76. The third-order valence-electron chi connectivity index (χ3n) is 3.01. The maximum atomic E-state index is 13.5. The highest BCUT2D eigenvalue weighted by atomic mass is 19.1. The Labute approximate surface area is 105 Å². The molecule has 0 aliphatic carbocycles. The molecule has 4 nitrogen and oxygen atoms in total. The molecule has 0 spiro atoms. The van der Waals surface area contributed by atoms with Gasteiger partial charge in [0.05, 0.1) is 0 Å². The van der Waals surface area contributed by atoms with E-state index in [2.05, 4.69) is 0 Å². The molecule has 0 saturated carbocycles. The fourth-order valence-electron chi connectivity index (χ4n) is 1.51. The number of nitrogen functional groups attached to an aromatic ring is 1. The van der Waals surface area contributed by atoms with Crippen LogP contribution < -0.4 is 11.3 Å². The van der Waals surface area contributed by atoms with Crippen molar-refractivity contribution in [1.82, 2.24) is 4.90 Å². The van der Waals surface area contributed by atoms with E-state index in [1.54, 1.807) is 7.05 Å². The van der Waals surface area contributed by atoms with Crippen LogP contribution in [0.15, 0.2) is 12.1 Å². The molecule has 6 heteroatoms. The largest absolute Gasteiger partial charge is 0.339 e. The smallest absolute Gasteiger partial charge is 0.254 e. The molecule has 0 heterocycles. The van der Waals surface area contributed by atoms with Crippen LogP contribution in [-0.4, -0.2) is 23.9 Å². The summed E-state index contributed by atoms with van der Waals surface area (Å²) in [6.07, 6.45) is 0.760. The number of hydrogen-bond donors (Lipinski definition) is 2. The second kappa shape index (κ2) is 5.77. The van der Waals surface area contributed by atoms with Gasteiger partial charge in [0, 0.05) is 18.7 Å². The van der Waals surface area contributed by atoms with Crippen molar-refractivity contribution in [1.29, 1.82) is 0 Å². The van der Waals surface area contributed by atoms with Gasteiger partial charge < -0.3 is 10.3 Å². The Morgan fingerprint density at radius 1 is 1.44 bits per heavy atom. The van der Waals surface area contributed by atoms with Crippen molar-refractivity contribution in [2.45, 2.75) is 26.3 Å². The summed E-state index contributed by atoms with van der Waals surface area (Å²) in [7, 11) is 1.60. The van der Waals surface area contributed by atoms with Crippen molar-refractivity contribution in [3.8, 4) is 0 Å². The van der Waals surface area contributed by atoms with E-state index in [1.165, 1.54) is 4.90 Å².